The molecule has 0 radical (unpaired) electrons. The maximum atomic E-state index is 12.8. The highest BCUT2D eigenvalue weighted by Crippen LogP contribution is 2.30. The number of rotatable bonds is 1. The molecule has 1 aliphatic rings. The van der Waals surface area contributed by atoms with E-state index in [1.165, 1.54) is 12.3 Å². The second kappa shape index (κ2) is 3.59. The average Bonchev–Trinajstić information content (AvgIpc) is 2.74. The third-order valence-corrected chi connectivity index (χ3v) is 2.62. The summed E-state index contributed by atoms with van der Waals surface area (Å²) >= 11 is 0. The van der Waals surface area contributed by atoms with Gasteiger partial charge in [-0.2, -0.15) is 5.10 Å². The molecule has 16 heavy (non-hydrogen) atoms. The smallest absolute Gasteiger partial charge is 0.213 e. The number of H-pyrrole nitrogens is 1. The monoisotopic (exact) mass is 219 g/mol. The van der Waals surface area contributed by atoms with Crippen molar-refractivity contribution in [2.24, 2.45) is 0 Å². The zero-order chi connectivity index (χ0) is 11.0. The van der Waals surface area contributed by atoms with Gasteiger partial charge in [0.2, 0.25) is 5.88 Å². The Kier molecular flexibility index (Phi) is 2.09. The van der Waals surface area contributed by atoms with Crippen LogP contribution in [0.3, 0.4) is 0 Å². The molecule has 1 N–H and O–H groups in total. The Labute approximate surface area is 91.5 Å². The van der Waals surface area contributed by atoms with Crippen molar-refractivity contribution in [2.75, 3.05) is 6.61 Å². The van der Waals surface area contributed by atoms with Gasteiger partial charge in [0.25, 0.3) is 0 Å². The summed E-state index contributed by atoms with van der Waals surface area (Å²) < 4.78 is 18.2. The van der Waals surface area contributed by atoms with Crippen molar-refractivity contribution in [3.63, 3.8) is 0 Å². The molecule has 0 aromatic carbocycles. The Bertz CT molecular complexity index is 506. The number of nitrogens with zero attached hydrogens (tertiary/aromatic N) is 2. The molecule has 2 aromatic rings. The van der Waals surface area contributed by atoms with E-state index in [-0.39, 0.29) is 5.82 Å². The van der Waals surface area contributed by atoms with Gasteiger partial charge in [0.05, 0.1) is 18.5 Å². The van der Waals surface area contributed by atoms with E-state index < -0.39 is 0 Å². The Morgan fingerprint density at radius 1 is 1.38 bits per heavy atom. The van der Waals surface area contributed by atoms with Crippen molar-refractivity contribution in [2.45, 2.75) is 12.8 Å². The summed E-state index contributed by atoms with van der Waals surface area (Å²) in [5.41, 5.74) is 2.46. The second-order valence-electron chi connectivity index (χ2n) is 3.69. The number of ether oxygens (including phenoxy) is 1. The molecular weight excluding hydrogens is 209 g/mol. The normalized spacial score (nSPS) is 14.3. The highest BCUT2D eigenvalue weighted by molar-refractivity contribution is 5.61. The van der Waals surface area contributed by atoms with Crippen LogP contribution in [0, 0.1) is 5.82 Å². The highest BCUT2D eigenvalue weighted by atomic mass is 19.1. The van der Waals surface area contributed by atoms with Gasteiger partial charge in [-0.05, 0) is 25.0 Å². The van der Waals surface area contributed by atoms with Crippen LogP contribution in [-0.2, 0) is 6.42 Å². The molecular formula is C11H10FN3O. The lowest BCUT2D eigenvalue weighted by atomic mass is 10.1. The molecule has 3 heterocycles. The van der Waals surface area contributed by atoms with Gasteiger partial charge >= 0.3 is 0 Å². The maximum absolute atomic E-state index is 12.8. The fraction of sp³-hybridized carbons (Fsp3) is 0.273. The molecule has 0 spiro atoms. The lowest BCUT2D eigenvalue weighted by Gasteiger charge is -2.12. The number of hydrogen-bond acceptors (Lipinski definition) is 3. The Morgan fingerprint density at radius 2 is 2.31 bits per heavy atom. The Morgan fingerprint density at radius 3 is 3.12 bits per heavy atom. The first-order chi connectivity index (χ1) is 7.84. The molecule has 5 heteroatoms. The van der Waals surface area contributed by atoms with Crippen LogP contribution in [-0.4, -0.2) is 21.8 Å². The highest BCUT2D eigenvalue weighted by Gasteiger charge is 2.19. The van der Waals surface area contributed by atoms with E-state index in [0.717, 1.165) is 24.1 Å². The van der Waals surface area contributed by atoms with Gasteiger partial charge in [0.15, 0.2) is 0 Å². The van der Waals surface area contributed by atoms with E-state index in [1.807, 2.05) is 0 Å². The lowest BCUT2D eigenvalue weighted by molar-refractivity contribution is 0.278. The largest absolute Gasteiger partial charge is 0.478 e. The molecule has 1 aliphatic heterocycles. The van der Waals surface area contributed by atoms with Crippen molar-refractivity contribution in [1.82, 2.24) is 15.2 Å². The molecule has 82 valence electrons. The van der Waals surface area contributed by atoms with Gasteiger partial charge in [0.1, 0.15) is 11.5 Å². The van der Waals surface area contributed by atoms with Crippen LogP contribution in [0.15, 0.2) is 18.3 Å². The standard InChI is InChI=1S/C11H10FN3O/c12-7-3-4-9(13-6-7)10-8-2-1-5-16-11(8)15-14-10/h3-4,6H,1-2,5H2,(H,14,15). The molecule has 0 fully saturated rings. The minimum absolute atomic E-state index is 0.343. The van der Waals surface area contributed by atoms with Gasteiger partial charge in [-0.1, -0.05) is 0 Å². The van der Waals surface area contributed by atoms with Crippen LogP contribution in [0.25, 0.3) is 11.4 Å². The molecule has 0 amide bonds. The van der Waals surface area contributed by atoms with Crippen LogP contribution < -0.4 is 4.74 Å². The van der Waals surface area contributed by atoms with Crippen molar-refractivity contribution in [3.8, 4) is 17.3 Å². The topological polar surface area (TPSA) is 50.8 Å². The fourth-order valence-electron chi connectivity index (χ4n) is 1.85. The maximum Gasteiger partial charge on any atom is 0.213 e. The molecule has 0 unspecified atom stereocenters. The van der Waals surface area contributed by atoms with Crippen LogP contribution in [0.5, 0.6) is 5.88 Å². The molecule has 0 aliphatic carbocycles. The molecule has 0 saturated carbocycles. The van der Waals surface area contributed by atoms with Crippen LogP contribution in [0.1, 0.15) is 12.0 Å². The van der Waals surface area contributed by atoms with E-state index in [1.54, 1.807) is 6.07 Å². The number of hydrogen-bond donors (Lipinski definition) is 1. The number of pyridine rings is 1. The summed E-state index contributed by atoms with van der Waals surface area (Å²) in [5, 5.41) is 7.00. The summed E-state index contributed by atoms with van der Waals surface area (Å²) in [6.07, 6.45) is 3.08. The zero-order valence-electron chi connectivity index (χ0n) is 8.53. The molecule has 4 nitrogen and oxygen atoms in total. The van der Waals surface area contributed by atoms with E-state index in [9.17, 15) is 4.39 Å². The van der Waals surface area contributed by atoms with E-state index in [4.69, 9.17) is 4.74 Å². The zero-order valence-corrected chi connectivity index (χ0v) is 8.53. The third-order valence-electron chi connectivity index (χ3n) is 2.62. The number of aromatic amines is 1. The average molecular weight is 219 g/mol. The number of nitrogens with one attached hydrogen (secondary N) is 1. The molecule has 2 aromatic heterocycles. The van der Waals surface area contributed by atoms with Gasteiger partial charge in [0, 0.05) is 5.56 Å². The van der Waals surface area contributed by atoms with E-state index >= 15 is 0 Å². The molecule has 0 saturated heterocycles. The summed E-state index contributed by atoms with van der Waals surface area (Å²) in [4.78, 5) is 4.02. The third kappa shape index (κ3) is 1.44. The van der Waals surface area contributed by atoms with Gasteiger partial charge in [-0.15, -0.1) is 0 Å². The van der Waals surface area contributed by atoms with Crippen LogP contribution in [0.4, 0.5) is 4.39 Å². The van der Waals surface area contributed by atoms with E-state index in [2.05, 4.69) is 15.2 Å². The second-order valence-corrected chi connectivity index (χ2v) is 3.69. The van der Waals surface area contributed by atoms with Gasteiger partial charge in [-0.3, -0.25) is 4.98 Å². The molecule has 0 bridgehead atoms. The van der Waals surface area contributed by atoms with Crippen molar-refractivity contribution < 1.29 is 9.13 Å². The summed E-state index contributed by atoms with van der Waals surface area (Å²) in [5.74, 6) is 0.372. The number of fused-ring (bicyclic) bond motifs is 1. The summed E-state index contributed by atoms with van der Waals surface area (Å²) in [6.45, 7) is 0.714. The number of aromatic nitrogens is 3. The van der Waals surface area contributed by atoms with E-state index in [0.29, 0.717) is 18.2 Å². The lowest BCUT2D eigenvalue weighted by Crippen LogP contribution is -2.07. The quantitative estimate of drug-likeness (QED) is 0.797. The predicted molar refractivity (Wildman–Crippen MR) is 55.6 cm³/mol. The Balaban J connectivity index is 2.06. The first kappa shape index (κ1) is 9.33. The van der Waals surface area contributed by atoms with Crippen molar-refractivity contribution in [1.29, 1.82) is 0 Å². The van der Waals surface area contributed by atoms with Crippen molar-refractivity contribution >= 4 is 0 Å². The minimum atomic E-state index is -0.343. The minimum Gasteiger partial charge on any atom is -0.478 e. The van der Waals surface area contributed by atoms with Gasteiger partial charge < -0.3 is 4.74 Å². The van der Waals surface area contributed by atoms with Crippen molar-refractivity contribution in [3.05, 3.63) is 29.7 Å². The summed E-state index contributed by atoms with van der Waals surface area (Å²) in [7, 11) is 0. The Hall–Kier alpha value is -1.91. The molecule has 3 rings (SSSR count). The summed E-state index contributed by atoms with van der Waals surface area (Å²) in [6, 6.07) is 3.01. The molecule has 0 atom stereocenters. The predicted octanol–water partition coefficient (Wildman–Crippen LogP) is 1.94. The van der Waals surface area contributed by atoms with Gasteiger partial charge in [-0.25, -0.2) is 9.49 Å². The first-order valence-electron chi connectivity index (χ1n) is 5.16. The fourth-order valence-corrected chi connectivity index (χ4v) is 1.85. The first-order valence-corrected chi connectivity index (χ1v) is 5.16. The van der Waals surface area contributed by atoms with Crippen LogP contribution in [0.2, 0.25) is 0 Å². The van der Waals surface area contributed by atoms with Crippen LogP contribution >= 0.6 is 0 Å². The number of halogens is 1. The SMILES string of the molecule is Fc1ccc(-c2n[nH]c3c2CCCO3)nc1.